The zero-order valence-corrected chi connectivity index (χ0v) is 12.6. The van der Waals surface area contributed by atoms with Crippen molar-refractivity contribution in [3.8, 4) is 0 Å². The van der Waals surface area contributed by atoms with Gasteiger partial charge in [0.25, 0.3) is 0 Å². The zero-order valence-electron chi connectivity index (χ0n) is 12.6. The van der Waals surface area contributed by atoms with Gasteiger partial charge >= 0.3 is 0 Å². The topological polar surface area (TPSA) is 0 Å². The first kappa shape index (κ1) is 13.9. The summed E-state index contributed by atoms with van der Waals surface area (Å²) in [7, 11) is 0. The highest BCUT2D eigenvalue weighted by atomic mass is 14.2. The second-order valence-electron chi connectivity index (χ2n) is 5.37. The van der Waals surface area contributed by atoms with Gasteiger partial charge in [-0.05, 0) is 73.1 Å². The summed E-state index contributed by atoms with van der Waals surface area (Å²) >= 11 is 0. The van der Waals surface area contributed by atoms with E-state index in [0.29, 0.717) is 0 Å². The summed E-state index contributed by atoms with van der Waals surface area (Å²) < 4.78 is 0. The Morgan fingerprint density at radius 3 is 2.79 bits per heavy atom. The summed E-state index contributed by atoms with van der Waals surface area (Å²) in [6.07, 6.45) is 12.3. The molecule has 1 aliphatic rings. The van der Waals surface area contributed by atoms with Gasteiger partial charge in [0, 0.05) is 0 Å². The minimum atomic E-state index is 1.05. The molecule has 0 nitrogen and oxygen atoms in total. The van der Waals surface area contributed by atoms with E-state index in [-0.39, 0.29) is 0 Å². The minimum absolute atomic E-state index is 1.05. The lowest BCUT2D eigenvalue weighted by atomic mass is 9.89. The largest absolute Gasteiger partial charge is 0.0841 e. The predicted molar refractivity (Wildman–Crippen MR) is 86.3 cm³/mol. The third kappa shape index (κ3) is 2.89. The minimum Gasteiger partial charge on any atom is -0.0841 e. The molecule has 0 heteroatoms. The van der Waals surface area contributed by atoms with Gasteiger partial charge in [-0.2, -0.15) is 0 Å². The van der Waals surface area contributed by atoms with E-state index in [2.05, 4.69) is 64.1 Å². The van der Waals surface area contributed by atoms with Gasteiger partial charge < -0.3 is 0 Å². The van der Waals surface area contributed by atoms with Crippen LogP contribution in [0.15, 0.2) is 36.4 Å². The third-order valence-corrected chi connectivity index (χ3v) is 3.95. The van der Waals surface area contributed by atoms with Crippen molar-refractivity contribution in [3.63, 3.8) is 0 Å². The first-order valence-electron chi connectivity index (χ1n) is 7.30. The molecule has 0 spiro atoms. The van der Waals surface area contributed by atoms with Crippen molar-refractivity contribution in [1.82, 2.24) is 0 Å². The van der Waals surface area contributed by atoms with Crippen LogP contribution in [0.2, 0.25) is 0 Å². The molecule has 0 atom stereocenters. The molecule has 0 heterocycles. The first-order valence-corrected chi connectivity index (χ1v) is 7.30. The van der Waals surface area contributed by atoms with Crippen LogP contribution in [0.25, 0.3) is 11.1 Å². The van der Waals surface area contributed by atoms with Gasteiger partial charge in [-0.1, -0.05) is 43.7 Å². The molecule has 1 aromatic carbocycles. The lowest BCUT2D eigenvalue weighted by Gasteiger charge is -2.16. The normalized spacial score (nSPS) is 14.9. The van der Waals surface area contributed by atoms with Crippen molar-refractivity contribution in [1.29, 1.82) is 0 Å². The van der Waals surface area contributed by atoms with E-state index in [4.69, 9.17) is 0 Å². The Balaban J connectivity index is 2.61. The second-order valence-corrected chi connectivity index (χ2v) is 5.37. The average molecular weight is 252 g/mol. The predicted octanol–water partition coefficient (Wildman–Crippen LogP) is 5.58. The van der Waals surface area contributed by atoms with Crippen LogP contribution in [0.1, 0.15) is 56.4 Å². The van der Waals surface area contributed by atoms with Gasteiger partial charge in [0.05, 0.1) is 0 Å². The highest BCUT2D eigenvalue weighted by Crippen LogP contribution is 2.30. The molecule has 0 saturated heterocycles. The molecule has 100 valence electrons. The molecule has 19 heavy (non-hydrogen) atoms. The van der Waals surface area contributed by atoms with Gasteiger partial charge in [0.1, 0.15) is 0 Å². The van der Waals surface area contributed by atoms with Crippen molar-refractivity contribution in [2.24, 2.45) is 0 Å². The van der Waals surface area contributed by atoms with E-state index < -0.39 is 0 Å². The summed E-state index contributed by atoms with van der Waals surface area (Å²) in [5, 5.41) is 0. The zero-order chi connectivity index (χ0) is 13.8. The van der Waals surface area contributed by atoms with Gasteiger partial charge in [0.15, 0.2) is 0 Å². The van der Waals surface area contributed by atoms with E-state index in [1.54, 1.807) is 0 Å². The summed E-state index contributed by atoms with van der Waals surface area (Å²) in [5.74, 6) is 0. The lowest BCUT2D eigenvalue weighted by molar-refractivity contribution is 0.914. The molecule has 0 aromatic heterocycles. The fraction of sp³-hybridized carbons (Fsp3) is 0.368. The SMILES string of the molecule is C/C=C(\C)c1cc2c(cc1CCC)CC=CC=C2C. The van der Waals surface area contributed by atoms with Gasteiger partial charge in [0.2, 0.25) is 0 Å². The number of aryl methyl sites for hydroxylation is 1. The van der Waals surface area contributed by atoms with Crippen LogP contribution in [-0.2, 0) is 12.8 Å². The maximum absolute atomic E-state index is 2.42. The molecule has 0 fully saturated rings. The molecule has 0 bridgehead atoms. The standard InChI is InChI=1S/C19H24/c1-5-9-16-12-17-11-8-7-10-15(4)19(17)13-18(16)14(3)6-2/h6-8,10,12-13H,5,9,11H2,1-4H3/b14-6+. The molecule has 0 saturated carbocycles. The maximum atomic E-state index is 2.42. The Labute approximate surface area is 117 Å². The maximum Gasteiger partial charge on any atom is -0.00882 e. The smallest absolute Gasteiger partial charge is 0.00882 e. The van der Waals surface area contributed by atoms with Crippen LogP contribution in [0, 0.1) is 0 Å². The van der Waals surface area contributed by atoms with Crippen molar-refractivity contribution in [2.75, 3.05) is 0 Å². The second kappa shape index (κ2) is 6.06. The quantitative estimate of drug-likeness (QED) is 0.659. The summed E-state index contributed by atoms with van der Waals surface area (Å²) in [4.78, 5) is 0. The Kier molecular flexibility index (Phi) is 4.42. The number of fused-ring (bicyclic) bond motifs is 1. The van der Waals surface area contributed by atoms with Gasteiger partial charge in [-0.15, -0.1) is 0 Å². The molecule has 0 N–H and O–H groups in total. The van der Waals surface area contributed by atoms with Crippen LogP contribution in [0.3, 0.4) is 0 Å². The monoisotopic (exact) mass is 252 g/mol. The summed E-state index contributed by atoms with van der Waals surface area (Å²) in [5.41, 5.74) is 8.57. The van der Waals surface area contributed by atoms with Crippen molar-refractivity contribution in [2.45, 2.75) is 47.0 Å². The van der Waals surface area contributed by atoms with E-state index in [1.165, 1.54) is 46.2 Å². The molecule has 0 radical (unpaired) electrons. The molecule has 2 rings (SSSR count). The molecule has 1 aromatic rings. The molecule has 0 aliphatic heterocycles. The number of hydrogen-bond acceptors (Lipinski definition) is 0. The molecule has 1 aliphatic carbocycles. The van der Waals surface area contributed by atoms with Gasteiger partial charge in [-0.3, -0.25) is 0 Å². The fourth-order valence-corrected chi connectivity index (χ4v) is 2.73. The number of rotatable bonds is 3. The molecular formula is C19H24. The van der Waals surface area contributed by atoms with Gasteiger partial charge in [-0.25, -0.2) is 0 Å². The van der Waals surface area contributed by atoms with Crippen molar-refractivity contribution in [3.05, 3.63) is 58.7 Å². The Hall–Kier alpha value is -1.56. The van der Waals surface area contributed by atoms with Crippen molar-refractivity contribution >= 4 is 11.1 Å². The number of allylic oxidation sites excluding steroid dienone is 6. The van der Waals surface area contributed by atoms with E-state index in [9.17, 15) is 0 Å². The Morgan fingerprint density at radius 2 is 2.11 bits per heavy atom. The lowest BCUT2D eigenvalue weighted by Crippen LogP contribution is -1.99. The third-order valence-electron chi connectivity index (χ3n) is 3.95. The molecule has 0 amide bonds. The average Bonchev–Trinajstić information content (AvgIpc) is 2.59. The Morgan fingerprint density at radius 1 is 1.32 bits per heavy atom. The van der Waals surface area contributed by atoms with E-state index in [0.717, 1.165) is 6.42 Å². The van der Waals surface area contributed by atoms with Crippen LogP contribution in [0.5, 0.6) is 0 Å². The van der Waals surface area contributed by atoms with Crippen molar-refractivity contribution < 1.29 is 0 Å². The number of benzene rings is 1. The fourth-order valence-electron chi connectivity index (χ4n) is 2.73. The van der Waals surface area contributed by atoms with Crippen LogP contribution in [-0.4, -0.2) is 0 Å². The van der Waals surface area contributed by atoms with E-state index in [1.807, 2.05) is 0 Å². The first-order chi connectivity index (χ1) is 9.17. The molecule has 0 unspecified atom stereocenters. The van der Waals surface area contributed by atoms with Crippen LogP contribution in [0.4, 0.5) is 0 Å². The molecular weight excluding hydrogens is 228 g/mol. The number of hydrogen-bond donors (Lipinski definition) is 0. The highest BCUT2D eigenvalue weighted by molar-refractivity contribution is 5.76. The van der Waals surface area contributed by atoms with Crippen LogP contribution >= 0.6 is 0 Å². The Bertz CT molecular complexity index is 554. The summed E-state index contributed by atoms with van der Waals surface area (Å²) in [6, 6.07) is 4.82. The summed E-state index contributed by atoms with van der Waals surface area (Å²) in [6.45, 7) is 8.81. The van der Waals surface area contributed by atoms with E-state index >= 15 is 0 Å². The van der Waals surface area contributed by atoms with Crippen LogP contribution < -0.4 is 0 Å². The highest BCUT2D eigenvalue weighted by Gasteiger charge is 2.12.